The topological polar surface area (TPSA) is 87.0 Å². The van der Waals surface area contributed by atoms with Gasteiger partial charge in [-0.25, -0.2) is 4.79 Å². The molecule has 0 unspecified atom stereocenters. The van der Waals surface area contributed by atoms with Gasteiger partial charge in [0.05, 0.1) is 6.61 Å². The molecule has 0 aromatic carbocycles. The van der Waals surface area contributed by atoms with Crippen LogP contribution >= 0.6 is 0 Å². The van der Waals surface area contributed by atoms with Gasteiger partial charge in [-0.05, 0) is 0 Å². The van der Waals surface area contributed by atoms with Crippen molar-refractivity contribution < 1.29 is 24.9 Å². The number of ether oxygens (including phenoxy) is 1. The van der Waals surface area contributed by atoms with Gasteiger partial charge in [0.1, 0.15) is 12.7 Å². The zero-order chi connectivity index (χ0) is 7.28. The second-order valence-electron chi connectivity index (χ2n) is 1.41. The number of hydrogen-bond acceptors (Lipinski definition) is 4. The van der Waals surface area contributed by atoms with Gasteiger partial charge in [0, 0.05) is 0 Å². The summed E-state index contributed by atoms with van der Waals surface area (Å²) in [6, 6.07) is 0. The number of hydrogen-bond donors (Lipinski definition) is 3. The average molecular weight is 136 g/mol. The molecule has 0 aromatic rings. The highest BCUT2D eigenvalue weighted by Crippen LogP contribution is 1.82. The van der Waals surface area contributed by atoms with Crippen molar-refractivity contribution in [3.05, 3.63) is 0 Å². The molecule has 0 heterocycles. The molecule has 0 rings (SSSR count). The number of rotatable bonds is 3. The average Bonchev–Trinajstić information content (AvgIpc) is 1.83. The lowest BCUT2D eigenvalue weighted by atomic mass is 10.4. The van der Waals surface area contributed by atoms with Crippen LogP contribution in [0, 0.1) is 0 Å². The molecule has 0 spiro atoms. The highest BCUT2D eigenvalue weighted by Gasteiger charge is 2.03. The molecule has 3 N–H and O–H groups in total. The molecule has 0 fully saturated rings. The molecule has 5 heteroatoms. The zero-order valence-corrected chi connectivity index (χ0v) is 4.65. The number of carboxylic acid groups (broad SMARTS) is 1. The Hall–Kier alpha value is -0.810. The lowest BCUT2D eigenvalue weighted by molar-refractivity contribution is 0.0145. The SMILES string of the molecule is O=C(O)OC[C@@H](O)CO. The molecule has 0 saturated carbocycles. The molecule has 9 heavy (non-hydrogen) atoms. The van der Waals surface area contributed by atoms with E-state index in [9.17, 15) is 4.79 Å². The van der Waals surface area contributed by atoms with E-state index in [1.165, 1.54) is 0 Å². The molecular weight excluding hydrogens is 128 g/mol. The Labute approximate surface area is 51.5 Å². The van der Waals surface area contributed by atoms with Gasteiger partial charge in [0.15, 0.2) is 0 Å². The van der Waals surface area contributed by atoms with E-state index in [1.54, 1.807) is 0 Å². The van der Waals surface area contributed by atoms with Gasteiger partial charge >= 0.3 is 6.16 Å². The van der Waals surface area contributed by atoms with Gasteiger partial charge in [0.25, 0.3) is 0 Å². The molecule has 0 aromatic heterocycles. The van der Waals surface area contributed by atoms with Crippen LogP contribution in [0.15, 0.2) is 0 Å². The maximum absolute atomic E-state index is 9.60. The van der Waals surface area contributed by atoms with Crippen molar-refractivity contribution in [3.63, 3.8) is 0 Å². The lowest BCUT2D eigenvalue weighted by Crippen LogP contribution is -2.21. The fourth-order valence-electron chi connectivity index (χ4n) is 0.220. The first-order chi connectivity index (χ1) is 4.16. The molecule has 0 radical (unpaired) electrons. The smallest absolute Gasteiger partial charge is 0.450 e. The molecule has 0 saturated heterocycles. The lowest BCUT2D eigenvalue weighted by Gasteiger charge is -2.03. The first-order valence-corrected chi connectivity index (χ1v) is 2.31. The van der Waals surface area contributed by atoms with Gasteiger partial charge < -0.3 is 20.1 Å². The maximum atomic E-state index is 9.60. The van der Waals surface area contributed by atoms with Gasteiger partial charge in [-0.2, -0.15) is 0 Å². The second kappa shape index (κ2) is 4.11. The van der Waals surface area contributed by atoms with Crippen LogP contribution in [-0.4, -0.2) is 40.8 Å². The Morgan fingerprint density at radius 1 is 1.67 bits per heavy atom. The quantitative estimate of drug-likeness (QED) is 0.435. The summed E-state index contributed by atoms with van der Waals surface area (Å²) in [6.07, 6.45) is -2.57. The standard InChI is InChI=1S/C4H8O5/c5-1-3(6)2-9-4(7)8/h3,5-6H,1-2H2,(H,7,8)/t3-/m0/s1. The first kappa shape index (κ1) is 8.19. The van der Waals surface area contributed by atoms with Crippen molar-refractivity contribution in [2.24, 2.45) is 0 Å². The summed E-state index contributed by atoms with van der Waals surface area (Å²) >= 11 is 0. The molecule has 0 amide bonds. The summed E-state index contributed by atoms with van der Waals surface area (Å²) in [6.45, 7) is -0.876. The van der Waals surface area contributed by atoms with Crippen LogP contribution in [0.2, 0.25) is 0 Å². The van der Waals surface area contributed by atoms with Crippen LogP contribution in [0.3, 0.4) is 0 Å². The Kier molecular flexibility index (Phi) is 3.74. The van der Waals surface area contributed by atoms with Crippen LogP contribution < -0.4 is 0 Å². The zero-order valence-electron chi connectivity index (χ0n) is 4.65. The maximum Gasteiger partial charge on any atom is 0.505 e. The van der Waals surface area contributed by atoms with E-state index in [0.717, 1.165) is 0 Å². The Morgan fingerprint density at radius 2 is 2.22 bits per heavy atom. The minimum atomic E-state index is -1.46. The van der Waals surface area contributed by atoms with Crippen LogP contribution in [-0.2, 0) is 4.74 Å². The van der Waals surface area contributed by atoms with Gasteiger partial charge in [-0.1, -0.05) is 0 Å². The second-order valence-corrected chi connectivity index (χ2v) is 1.41. The third kappa shape index (κ3) is 5.05. The molecule has 0 aliphatic heterocycles. The summed E-state index contributed by atoms with van der Waals surface area (Å²) < 4.78 is 3.90. The van der Waals surface area contributed by atoms with Crippen molar-refractivity contribution >= 4 is 6.16 Å². The van der Waals surface area contributed by atoms with E-state index < -0.39 is 18.9 Å². The normalized spacial score (nSPS) is 12.7. The fraction of sp³-hybridized carbons (Fsp3) is 0.750. The predicted octanol–water partition coefficient (Wildman–Crippen LogP) is -0.966. The Balaban J connectivity index is 3.16. The number of aliphatic hydroxyl groups excluding tert-OH is 2. The summed E-state index contributed by atoms with van der Waals surface area (Å²) in [7, 11) is 0. The van der Waals surface area contributed by atoms with Crippen LogP contribution in [0.5, 0.6) is 0 Å². The van der Waals surface area contributed by atoms with Crippen molar-refractivity contribution in [2.45, 2.75) is 6.10 Å². The molecular formula is C4H8O5. The summed E-state index contributed by atoms with van der Waals surface area (Å²) in [5.41, 5.74) is 0. The summed E-state index contributed by atoms with van der Waals surface area (Å²) in [5, 5.41) is 24.4. The highest BCUT2D eigenvalue weighted by atomic mass is 16.7. The van der Waals surface area contributed by atoms with E-state index in [1.807, 2.05) is 0 Å². The highest BCUT2D eigenvalue weighted by molar-refractivity contribution is 5.56. The van der Waals surface area contributed by atoms with Gasteiger partial charge in [-0.3, -0.25) is 0 Å². The van der Waals surface area contributed by atoms with Crippen LogP contribution in [0.1, 0.15) is 0 Å². The first-order valence-electron chi connectivity index (χ1n) is 2.31. The minimum absolute atomic E-state index is 0.383. The van der Waals surface area contributed by atoms with Gasteiger partial charge in [-0.15, -0.1) is 0 Å². The monoisotopic (exact) mass is 136 g/mol. The van der Waals surface area contributed by atoms with Gasteiger partial charge in [0.2, 0.25) is 0 Å². The molecule has 1 atom stereocenters. The van der Waals surface area contributed by atoms with E-state index >= 15 is 0 Å². The number of carbonyl (C=O) groups is 1. The molecule has 0 aliphatic carbocycles. The number of aliphatic hydroxyl groups is 2. The fourth-order valence-corrected chi connectivity index (χ4v) is 0.220. The molecule has 0 bridgehead atoms. The van der Waals surface area contributed by atoms with E-state index in [4.69, 9.17) is 15.3 Å². The van der Waals surface area contributed by atoms with E-state index in [0.29, 0.717) is 0 Å². The largest absolute Gasteiger partial charge is 0.505 e. The van der Waals surface area contributed by atoms with Crippen LogP contribution in [0.4, 0.5) is 4.79 Å². The van der Waals surface area contributed by atoms with Crippen molar-refractivity contribution in [3.8, 4) is 0 Å². The summed E-state index contributed by atoms with van der Waals surface area (Å²) in [4.78, 5) is 9.60. The third-order valence-electron chi connectivity index (χ3n) is 0.610. The third-order valence-corrected chi connectivity index (χ3v) is 0.610. The Morgan fingerprint density at radius 3 is 2.56 bits per heavy atom. The van der Waals surface area contributed by atoms with Crippen molar-refractivity contribution in [1.82, 2.24) is 0 Å². The Bertz CT molecular complexity index is 91.0. The molecule has 54 valence electrons. The van der Waals surface area contributed by atoms with E-state index in [2.05, 4.69) is 4.74 Å². The molecule has 5 nitrogen and oxygen atoms in total. The van der Waals surface area contributed by atoms with Crippen molar-refractivity contribution in [2.75, 3.05) is 13.2 Å². The summed E-state index contributed by atoms with van der Waals surface area (Å²) in [5.74, 6) is 0. The van der Waals surface area contributed by atoms with Crippen LogP contribution in [0.25, 0.3) is 0 Å². The van der Waals surface area contributed by atoms with Crippen molar-refractivity contribution in [1.29, 1.82) is 0 Å². The van der Waals surface area contributed by atoms with E-state index in [-0.39, 0.29) is 6.61 Å². The molecule has 0 aliphatic rings. The minimum Gasteiger partial charge on any atom is -0.450 e. The predicted molar refractivity (Wildman–Crippen MR) is 27.1 cm³/mol.